The van der Waals surface area contributed by atoms with E-state index in [-0.39, 0.29) is 12.1 Å². The molecule has 0 spiro atoms. The normalized spacial score (nSPS) is 19.1. The molecule has 0 radical (unpaired) electrons. The van der Waals surface area contributed by atoms with Gasteiger partial charge >= 0.3 is 5.97 Å². The Hall–Kier alpha value is -0.830. The first-order valence-corrected chi connectivity index (χ1v) is 5.41. The molecule has 1 unspecified atom stereocenters. The molecule has 74 valence electrons. The maximum Gasteiger partial charge on any atom is 0.303 e. The number of fused-ring (bicyclic) bond motifs is 1. The van der Waals surface area contributed by atoms with Crippen molar-refractivity contribution in [3.8, 4) is 0 Å². The Morgan fingerprint density at radius 1 is 1.57 bits per heavy atom. The fourth-order valence-electron chi connectivity index (χ4n) is 1.87. The molecule has 0 heterocycles. The quantitative estimate of drug-likeness (QED) is 0.721. The van der Waals surface area contributed by atoms with E-state index in [1.807, 2.05) is 12.1 Å². The lowest BCUT2D eigenvalue weighted by molar-refractivity contribution is -0.146. The Balaban J connectivity index is 2.26. The van der Waals surface area contributed by atoms with Crippen LogP contribution in [0.3, 0.4) is 0 Å². The molecule has 14 heavy (non-hydrogen) atoms. The summed E-state index contributed by atoms with van der Waals surface area (Å²) in [6, 6.07) is 6.11. The molecule has 0 aliphatic heterocycles. The molecule has 1 aliphatic rings. The Labute approximate surface area is 91.4 Å². The molecule has 0 aromatic heterocycles. The summed E-state index contributed by atoms with van der Waals surface area (Å²) in [5.41, 5.74) is 2.44. The first-order chi connectivity index (χ1) is 6.66. The number of aryl methyl sites for hydroxylation is 1. The average Bonchev–Trinajstić information content (AvgIpc) is 2.47. The Morgan fingerprint density at radius 3 is 3.07 bits per heavy atom. The van der Waals surface area contributed by atoms with Gasteiger partial charge in [-0.3, -0.25) is 4.79 Å². The van der Waals surface area contributed by atoms with Crippen molar-refractivity contribution >= 4 is 21.9 Å². The molecule has 0 saturated heterocycles. The van der Waals surface area contributed by atoms with E-state index in [0.29, 0.717) is 0 Å². The van der Waals surface area contributed by atoms with E-state index in [1.165, 1.54) is 12.5 Å². The molecule has 2 nitrogen and oxygen atoms in total. The number of esters is 1. The van der Waals surface area contributed by atoms with Gasteiger partial charge in [-0.2, -0.15) is 0 Å². The largest absolute Gasteiger partial charge is 0.458 e. The Kier molecular flexibility index (Phi) is 2.59. The van der Waals surface area contributed by atoms with Gasteiger partial charge < -0.3 is 4.74 Å². The highest BCUT2D eigenvalue weighted by Crippen LogP contribution is 2.35. The first kappa shape index (κ1) is 9.71. The number of carbonyl (C=O) groups is 1. The van der Waals surface area contributed by atoms with Crippen LogP contribution in [0.1, 0.15) is 30.6 Å². The van der Waals surface area contributed by atoms with Crippen LogP contribution in [0.25, 0.3) is 0 Å². The van der Waals surface area contributed by atoms with Crippen molar-refractivity contribution in [3.05, 3.63) is 33.8 Å². The smallest absolute Gasteiger partial charge is 0.303 e. The fourth-order valence-corrected chi connectivity index (χ4v) is 2.28. The number of rotatable bonds is 1. The van der Waals surface area contributed by atoms with Gasteiger partial charge in [-0.1, -0.05) is 22.0 Å². The third-order valence-electron chi connectivity index (χ3n) is 2.44. The maximum absolute atomic E-state index is 10.8. The van der Waals surface area contributed by atoms with Crippen molar-refractivity contribution in [1.82, 2.24) is 0 Å². The SMILES string of the molecule is CC(=O)OC1CCc2cc(Br)ccc21. The zero-order valence-corrected chi connectivity index (χ0v) is 9.50. The number of halogens is 1. The summed E-state index contributed by atoms with van der Waals surface area (Å²) < 4.78 is 6.31. The lowest BCUT2D eigenvalue weighted by Crippen LogP contribution is -2.04. The molecule has 0 amide bonds. The highest BCUT2D eigenvalue weighted by molar-refractivity contribution is 9.10. The van der Waals surface area contributed by atoms with Crippen molar-refractivity contribution in [2.75, 3.05) is 0 Å². The summed E-state index contributed by atoms with van der Waals surface area (Å²) in [5.74, 6) is -0.203. The molecule has 0 fully saturated rings. The van der Waals surface area contributed by atoms with Crippen molar-refractivity contribution < 1.29 is 9.53 Å². The maximum atomic E-state index is 10.8. The van der Waals surface area contributed by atoms with Crippen LogP contribution in [0.5, 0.6) is 0 Å². The number of ether oxygens (including phenoxy) is 1. The van der Waals surface area contributed by atoms with Gasteiger partial charge in [0.25, 0.3) is 0 Å². The zero-order chi connectivity index (χ0) is 10.1. The zero-order valence-electron chi connectivity index (χ0n) is 7.92. The minimum atomic E-state index is -0.203. The van der Waals surface area contributed by atoms with Crippen molar-refractivity contribution in [3.63, 3.8) is 0 Å². The predicted molar refractivity (Wildman–Crippen MR) is 57.0 cm³/mol. The number of hydrogen-bond donors (Lipinski definition) is 0. The van der Waals surface area contributed by atoms with Crippen LogP contribution >= 0.6 is 15.9 Å². The van der Waals surface area contributed by atoms with Crippen LogP contribution in [-0.2, 0) is 16.0 Å². The molecule has 1 aromatic rings. The monoisotopic (exact) mass is 254 g/mol. The van der Waals surface area contributed by atoms with Gasteiger partial charge in [-0.25, -0.2) is 0 Å². The molecule has 0 saturated carbocycles. The van der Waals surface area contributed by atoms with Gasteiger partial charge in [0.05, 0.1) is 0 Å². The second kappa shape index (κ2) is 3.73. The van der Waals surface area contributed by atoms with E-state index in [2.05, 4.69) is 22.0 Å². The Morgan fingerprint density at radius 2 is 2.36 bits per heavy atom. The van der Waals surface area contributed by atoms with E-state index < -0.39 is 0 Å². The van der Waals surface area contributed by atoms with Gasteiger partial charge in [-0.05, 0) is 36.1 Å². The minimum Gasteiger partial charge on any atom is -0.458 e. The van der Waals surface area contributed by atoms with Crippen molar-refractivity contribution in [2.45, 2.75) is 25.9 Å². The van der Waals surface area contributed by atoms with Crippen LogP contribution in [0.2, 0.25) is 0 Å². The van der Waals surface area contributed by atoms with E-state index >= 15 is 0 Å². The van der Waals surface area contributed by atoms with Crippen LogP contribution < -0.4 is 0 Å². The van der Waals surface area contributed by atoms with Crippen molar-refractivity contribution in [1.29, 1.82) is 0 Å². The van der Waals surface area contributed by atoms with E-state index in [0.717, 1.165) is 22.9 Å². The average molecular weight is 255 g/mol. The molecule has 1 aliphatic carbocycles. The van der Waals surface area contributed by atoms with E-state index in [4.69, 9.17) is 4.74 Å². The van der Waals surface area contributed by atoms with Crippen LogP contribution in [0.15, 0.2) is 22.7 Å². The van der Waals surface area contributed by atoms with E-state index in [1.54, 1.807) is 0 Å². The van der Waals surface area contributed by atoms with Gasteiger partial charge in [0.1, 0.15) is 6.10 Å². The third-order valence-corrected chi connectivity index (χ3v) is 2.93. The minimum absolute atomic E-state index is 0.0319. The second-order valence-corrected chi connectivity index (χ2v) is 4.40. The molecule has 0 bridgehead atoms. The third kappa shape index (κ3) is 1.82. The molecule has 0 N–H and O–H groups in total. The van der Waals surface area contributed by atoms with Gasteiger partial charge in [-0.15, -0.1) is 0 Å². The number of benzene rings is 1. The highest BCUT2D eigenvalue weighted by Gasteiger charge is 2.24. The molecule has 1 atom stereocenters. The summed E-state index contributed by atoms with van der Waals surface area (Å²) >= 11 is 3.43. The first-order valence-electron chi connectivity index (χ1n) is 4.62. The van der Waals surface area contributed by atoms with E-state index in [9.17, 15) is 4.79 Å². The topological polar surface area (TPSA) is 26.3 Å². The molecule has 3 heteroatoms. The molecule has 2 rings (SSSR count). The van der Waals surface area contributed by atoms with Crippen molar-refractivity contribution in [2.24, 2.45) is 0 Å². The highest BCUT2D eigenvalue weighted by atomic mass is 79.9. The standard InChI is InChI=1S/C11H11BrO2/c1-7(13)14-11-5-2-8-6-9(12)3-4-10(8)11/h3-4,6,11H,2,5H2,1H3. The fraction of sp³-hybridized carbons (Fsp3) is 0.364. The number of carbonyl (C=O) groups excluding carboxylic acids is 1. The Bertz CT molecular complexity index is 374. The van der Waals surface area contributed by atoms with Crippen LogP contribution in [0.4, 0.5) is 0 Å². The summed E-state index contributed by atoms with van der Waals surface area (Å²) in [6.45, 7) is 1.46. The second-order valence-electron chi connectivity index (χ2n) is 3.48. The lowest BCUT2D eigenvalue weighted by Gasteiger charge is -2.11. The lowest BCUT2D eigenvalue weighted by atomic mass is 10.1. The summed E-state index contributed by atoms with van der Waals surface area (Å²) in [6.07, 6.45) is 1.87. The van der Waals surface area contributed by atoms with Crippen LogP contribution in [0, 0.1) is 0 Å². The molecular formula is C11H11BrO2. The van der Waals surface area contributed by atoms with Gasteiger partial charge in [0.15, 0.2) is 0 Å². The van der Waals surface area contributed by atoms with Gasteiger partial charge in [0, 0.05) is 11.4 Å². The predicted octanol–water partition coefficient (Wildman–Crippen LogP) is 3.00. The number of hydrogen-bond acceptors (Lipinski definition) is 2. The van der Waals surface area contributed by atoms with Crippen LogP contribution in [-0.4, -0.2) is 5.97 Å². The summed E-state index contributed by atoms with van der Waals surface area (Å²) in [7, 11) is 0. The van der Waals surface area contributed by atoms with Gasteiger partial charge in [0.2, 0.25) is 0 Å². The summed E-state index contributed by atoms with van der Waals surface area (Å²) in [5, 5.41) is 0. The molecular weight excluding hydrogens is 244 g/mol. The summed E-state index contributed by atoms with van der Waals surface area (Å²) in [4.78, 5) is 10.8. The molecule has 1 aromatic carbocycles.